The van der Waals surface area contributed by atoms with Crippen LogP contribution < -0.4 is 5.73 Å². The van der Waals surface area contributed by atoms with Crippen molar-refractivity contribution in [2.24, 2.45) is 5.73 Å². The molecule has 0 aliphatic heterocycles. The Morgan fingerprint density at radius 3 is 2.78 bits per heavy atom. The molecule has 2 aromatic rings. The number of benzene rings is 1. The standard InChI is InChI=1S/C14H15FN2S/c15-11-5-3-4-10(8-11)12-9-18-13(17-12)14(16)6-1-2-7-14/h3-5,8-9H,1-2,6-7,16H2. The average molecular weight is 262 g/mol. The van der Waals surface area contributed by atoms with E-state index in [1.807, 2.05) is 11.4 Å². The van der Waals surface area contributed by atoms with Crippen molar-refractivity contribution in [2.75, 3.05) is 0 Å². The van der Waals surface area contributed by atoms with Gasteiger partial charge in [0.2, 0.25) is 0 Å². The molecule has 94 valence electrons. The molecule has 0 unspecified atom stereocenters. The van der Waals surface area contributed by atoms with E-state index in [0.717, 1.165) is 29.1 Å². The summed E-state index contributed by atoms with van der Waals surface area (Å²) in [5, 5.41) is 2.95. The van der Waals surface area contributed by atoms with Crippen molar-refractivity contribution < 1.29 is 4.39 Å². The van der Waals surface area contributed by atoms with Gasteiger partial charge in [0.15, 0.2) is 0 Å². The molecule has 1 heterocycles. The van der Waals surface area contributed by atoms with E-state index >= 15 is 0 Å². The van der Waals surface area contributed by atoms with Crippen molar-refractivity contribution in [3.8, 4) is 11.3 Å². The highest BCUT2D eigenvalue weighted by Gasteiger charge is 2.34. The predicted octanol–water partition coefficient (Wildman–Crippen LogP) is 3.68. The first-order valence-electron chi connectivity index (χ1n) is 6.18. The summed E-state index contributed by atoms with van der Waals surface area (Å²) in [7, 11) is 0. The number of hydrogen-bond donors (Lipinski definition) is 1. The highest BCUT2D eigenvalue weighted by atomic mass is 32.1. The van der Waals surface area contributed by atoms with Crippen molar-refractivity contribution in [3.05, 3.63) is 40.5 Å². The van der Waals surface area contributed by atoms with E-state index in [1.54, 1.807) is 17.4 Å². The summed E-state index contributed by atoms with van der Waals surface area (Å²) >= 11 is 1.59. The molecule has 2 N–H and O–H groups in total. The van der Waals surface area contributed by atoms with Gasteiger partial charge in [-0.05, 0) is 25.0 Å². The maximum atomic E-state index is 13.2. The third-order valence-electron chi connectivity index (χ3n) is 3.55. The van der Waals surface area contributed by atoms with E-state index < -0.39 is 0 Å². The van der Waals surface area contributed by atoms with E-state index in [-0.39, 0.29) is 11.4 Å². The van der Waals surface area contributed by atoms with Crippen molar-refractivity contribution in [2.45, 2.75) is 31.2 Å². The Hall–Kier alpha value is -1.26. The van der Waals surface area contributed by atoms with Gasteiger partial charge in [0, 0.05) is 10.9 Å². The minimum Gasteiger partial charge on any atom is -0.319 e. The maximum Gasteiger partial charge on any atom is 0.123 e. The van der Waals surface area contributed by atoms with Gasteiger partial charge in [-0.2, -0.15) is 0 Å². The first-order valence-corrected chi connectivity index (χ1v) is 7.06. The molecule has 0 radical (unpaired) electrons. The van der Waals surface area contributed by atoms with Gasteiger partial charge in [0.25, 0.3) is 0 Å². The summed E-state index contributed by atoms with van der Waals surface area (Å²) in [5.74, 6) is -0.231. The minimum atomic E-state index is -0.254. The molecule has 4 heteroatoms. The number of hydrogen-bond acceptors (Lipinski definition) is 3. The van der Waals surface area contributed by atoms with Crippen LogP contribution in [-0.2, 0) is 5.54 Å². The van der Waals surface area contributed by atoms with Crippen LogP contribution in [0.25, 0.3) is 11.3 Å². The molecule has 1 aromatic heterocycles. The molecule has 3 rings (SSSR count). The predicted molar refractivity (Wildman–Crippen MR) is 71.8 cm³/mol. The molecule has 1 saturated carbocycles. The second-order valence-electron chi connectivity index (χ2n) is 4.91. The van der Waals surface area contributed by atoms with E-state index in [0.29, 0.717) is 0 Å². The Morgan fingerprint density at radius 2 is 2.06 bits per heavy atom. The van der Waals surface area contributed by atoms with Crippen LogP contribution in [0.5, 0.6) is 0 Å². The lowest BCUT2D eigenvalue weighted by Gasteiger charge is -2.19. The van der Waals surface area contributed by atoms with Gasteiger partial charge in [-0.3, -0.25) is 0 Å². The maximum absolute atomic E-state index is 13.2. The molecule has 1 fully saturated rings. The molecule has 1 aliphatic rings. The van der Waals surface area contributed by atoms with Crippen molar-refractivity contribution in [1.82, 2.24) is 4.98 Å². The number of rotatable bonds is 2. The zero-order valence-electron chi connectivity index (χ0n) is 10.0. The van der Waals surface area contributed by atoms with Crippen LogP contribution in [0, 0.1) is 5.82 Å². The third kappa shape index (κ3) is 2.06. The summed E-state index contributed by atoms with van der Waals surface area (Å²) in [4.78, 5) is 4.60. The third-order valence-corrected chi connectivity index (χ3v) is 4.61. The Bertz CT molecular complexity index is 558. The molecule has 0 amide bonds. The Kier molecular flexibility index (Phi) is 2.92. The zero-order valence-corrected chi connectivity index (χ0v) is 10.8. The topological polar surface area (TPSA) is 38.9 Å². The van der Waals surface area contributed by atoms with Crippen LogP contribution in [0.2, 0.25) is 0 Å². The largest absolute Gasteiger partial charge is 0.319 e. The molecule has 0 atom stereocenters. The summed E-state index contributed by atoms with van der Waals surface area (Å²) in [6.07, 6.45) is 4.35. The second kappa shape index (κ2) is 4.44. The molecule has 0 bridgehead atoms. The van der Waals surface area contributed by atoms with Gasteiger partial charge in [-0.15, -0.1) is 11.3 Å². The minimum absolute atomic E-state index is 0.231. The highest BCUT2D eigenvalue weighted by molar-refractivity contribution is 7.10. The fourth-order valence-corrected chi connectivity index (χ4v) is 3.50. The van der Waals surface area contributed by atoms with Crippen molar-refractivity contribution in [3.63, 3.8) is 0 Å². The molecule has 1 aromatic carbocycles. The van der Waals surface area contributed by atoms with Crippen LogP contribution in [-0.4, -0.2) is 4.98 Å². The fraction of sp³-hybridized carbons (Fsp3) is 0.357. The summed E-state index contributed by atoms with van der Waals surface area (Å²) in [6, 6.07) is 6.53. The molecule has 0 saturated heterocycles. The van der Waals surface area contributed by atoms with Gasteiger partial charge < -0.3 is 5.73 Å². The quantitative estimate of drug-likeness (QED) is 0.896. The lowest BCUT2D eigenvalue weighted by Crippen LogP contribution is -2.32. The van der Waals surface area contributed by atoms with E-state index in [2.05, 4.69) is 4.98 Å². The number of thiazole rings is 1. The van der Waals surface area contributed by atoms with Crippen LogP contribution in [0.1, 0.15) is 30.7 Å². The second-order valence-corrected chi connectivity index (χ2v) is 5.77. The Labute approximate surface area is 110 Å². The van der Waals surface area contributed by atoms with E-state index in [1.165, 1.54) is 25.0 Å². The van der Waals surface area contributed by atoms with Crippen molar-refractivity contribution >= 4 is 11.3 Å². The zero-order chi connectivity index (χ0) is 12.6. The average Bonchev–Trinajstić information content (AvgIpc) is 2.98. The highest BCUT2D eigenvalue weighted by Crippen LogP contribution is 2.38. The number of nitrogens with two attached hydrogens (primary N) is 1. The molecular formula is C14H15FN2S. The first-order chi connectivity index (χ1) is 8.67. The van der Waals surface area contributed by atoms with Gasteiger partial charge in [-0.25, -0.2) is 9.37 Å². The number of halogens is 1. The molecule has 1 aliphatic carbocycles. The van der Waals surface area contributed by atoms with Crippen LogP contribution >= 0.6 is 11.3 Å². The fourth-order valence-electron chi connectivity index (χ4n) is 2.50. The van der Waals surface area contributed by atoms with Crippen molar-refractivity contribution in [1.29, 1.82) is 0 Å². The molecule has 2 nitrogen and oxygen atoms in total. The van der Waals surface area contributed by atoms with Crippen LogP contribution in [0.4, 0.5) is 4.39 Å². The van der Waals surface area contributed by atoms with Gasteiger partial charge in [0.1, 0.15) is 10.8 Å². The molecule has 0 spiro atoms. The van der Waals surface area contributed by atoms with Gasteiger partial charge >= 0.3 is 0 Å². The summed E-state index contributed by atoms with van der Waals surface area (Å²) in [6.45, 7) is 0. The lowest BCUT2D eigenvalue weighted by atomic mass is 10.0. The Balaban J connectivity index is 1.94. The van der Waals surface area contributed by atoms with Gasteiger partial charge in [0.05, 0.1) is 11.2 Å². The van der Waals surface area contributed by atoms with Crippen LogP contribution in [0.3, 0.4) is 0 Å². The Morgan fingerprint density at radius 1 is 1.28 bits per heavy atom. The van der Waals surface area contributed by atoms with Crippen LogP contribution in [0.15, 0.2) is 29.6 Å². The normalized spacial score (nSPS) is 18.1. The number of aromatic nitrogens is 1. The van der Waals surface area contributed by atoms with E-state index in [9.17, 15) is 4.39 Å². The monoisotopic (exact) mass is 262 g/mol. The number of nitrogens with zero attached hydrogens (tertiary/aromatic N) is 1. The summed E-state index contributed by atoms with van der Waals surface area (Å²) in [5.41, 5.74) is 7.77. The van der Waals surface area contributed by atoms with Gasteiger partial charge in [-0.1, -0.05) is 25.0 Å². The smallest absolute Gasteiger partial charge is 0.123 e. The lowest BCUT2D eigenvalue weighted by molar-refractivity contribution is 0.459. The summed E-state index contributed by atoms with van der Waals surface area (Å²) < 4.78 is 13.2. The van der Waals surface area contributed by atoms with E-state index in [4.69, 9.17) is 5.73 Å². The first kappa shape index (κ1) is 11.8. The SMILES string of the molecule is NC1(c2nc(-c3cccc(F)c3)cs2)CCCC1. The molecule has 18 heavy (non-hydrogen) atoms. The molecular weight excluding hydrogens is 247 g/mol.